The molecule has 39 heavy (non-hydrogen) atoms. The fourth-order valence-electron chi connectivity index (χ4n) is 4.79. The summed E-state index contributed by atoms with van der Waals surface area (Å²) in [4.78, 5) is 9.28. The molecule has 0 radical (unpaired) electrons. The maximum Gasteiger partial charge on any atom is 0.227 e. The standard InChI is InChI=1S/C31H36N6OSi/c1-30(2,3)39(5,6)38-19-31(4)18-35-28-23(17-33)14-22(15-25(28)31)26-11-12-34-29(36-26)37-27-13-20(16-32)7-10-24(27)21-8-9-21/h7,10-15,21,35H,8-9,18-19H2,1-6H3,(H,34,36,37)/t31-/m1/s1. The van der Waals surface area contributed by atoms with Gasteiger partial charge in [-0.25, -0.2) is 9.97 Å². The van der Waals surface area contributed by atoms with E-state index in [-0.39, 0.29) is 10.5 Å². The SMILES string of the molecule is CC(C)(C)[Si](C)(C)OC[C@@]1(C)CNc2c(C#N)cc(-c3ccnc(Nc4cc(C#N)ccc4C4CC4)n3)cc21. The summed E-state index contributed by atoms with van der Waals surface area (Å²) < 4.78 is 6.65. The highest BCUT2D eigenvalue weighted by atomic mass is 28.4. The second-order valence-corrected chi connectivity index (χ2v) is 17.4. The van der Waals surface area contributed by atoms with Crippen LogP contribution in [0.5, 0.6) is 0 Å². The van der Waals surface area contributed by atoms with Gasteiger partial charge in [0.05, 0.1) is 28.6 Å². The molecule has 0 amide bonds. The van der Waals surface area contributed by atoms with Crippen LogP contribution in [-0.2, 0) is 9.84 Å². The molecule has 1 aliphatic heterocycles. The van der Waals surface area contributed by atoms with Crippen LogP contribution in [0.2, 0.25) is 18.1 Å². The van der Waals surface area contributed by atoms with Crippen LogP contribution in [-0.4, -0.2) is 31.4 Å². The van der Waals surface area contributed by atoms with E-state index in [9.17, 15) is 10.5 Å². The van der Waals surface area contributed by atoms with Gasteiger partial charge < -0.3 is 15.1 Å². The zero-order valence-corrected chi connectivity index (χ0v) is 24.6. The number of hydrogen-bond donors (Lipinski definition) is 2. The van der Waals surface area contributed by atoms with E-state index < -0.39 is 8.32 Å². The van der Waals surface area contributed by atoms with Crippen LogP contribution in [0.3, 0.4) is 0 Å². The van der Waals surface area contributed by atoms with E-state index in [4.69, 9.17) is 9.41 Å². The Bertz CT molecular complexity index is 1510. The molecule has 5 rings (SSSR count). The molecule has 2 heterocycles. The maximum atomic E-state index is 10.0. The summed E-state index contributed by atoms with van der Waals surface area (Å²) in [6, 6.07) is 16.3. The van der Waals surface area contributed by atoms with Crippen molar-refractivity contribution in [3.63, 3.8) is 0 Å². The molecule has 8 heteroatoms. The zero-order valence-electron chi connectivity index (χ0n) is 23.6. The molecule has 200 valence electrons. The summed E-state index contributed by atoms with van der Waals surface area (Å²) in [6.45, 7) is 14.8. The first kappa shape index (κ1) is 26.9. The van der Waals surface area contributed by atoms with Gasteiger partial charge in [0.2, 0.25) is 5.95 Å². The van der Waals surface area contributed by atoms with E-state index >= 15 is 0 Å². The number of fused-ring (bicyclic) bond motifs is 1. The minimum Gasteiger partial charge on any atom is -0.416 e. The van der Waals surface area contributed by atoms with Crippen LogP contribution in [0.1, 0.15) is 68.7 Å². The van der Waals surface area contributed by atoms with Crippen LogP contribution < -0.4 is 10.6 Å². The first-order valence-corrected chi connectivity index (χ1v) is 16.5. The maximum absolute atomic E-state index is 10.0. The molecule has 2 aromatic carbocycles. The Labute approximate surface area is 232 Å². The highest BCUT2D eigenvalue weighted by molar-refractivity contribution is 6.74. The Morgan fingerprint density at radius 2 is 1.90 bits per heavy atom. The van der Waals surface area contributed by atoms with Gasteiger partial charge in [0.25, 0.3) is 0 Å². The summed E-state index contributed by atoms with van der Waals surface area (Å²) in [5, 5.41) is 26.4. The fraction of sp³-hybridized carbons (Fsp3) is 0.419. The number of nitrogens with zero attached hydrogens (tertiary/aromatic N) is 4. The van der Waals surface area contributed by atoms with Gasteiger partial charge in [-0.15, -0.1) is 0 Å². The summed E-state index contributed by atoms with van der Waals surface area (Å²) in [7, 11) is -1.94. The number of nitrogens with one attached hydrogen (secondary N) is 2. The molecule has 0 bridgehead atoms. The molecular weight excluding hydrogens is 500 g/mol. The first-order valence-electron chi connectivity index (χ1n) is 13.5. The molecule has 0 saturated heterocycles. The van der Waals surface area contributed by atoms with Crippen LogP contribution in [0, 0.1) is 22.7 Å². The Kier molecular flexibility index (Phi) is 6.74. The van der Waals surface area contributed by atoms with Crippen LogP contribution >= 0.6 is 0 Å². The van der Waals surface area contributed by atoms with Crippen LogP contribution in [0.4, 0.5) is 17.3 Å². The Hall–Kier alpha value is -3.72. The molecule has 1 saturated carbocycles. The van der Waals surface area contributed by atoms with Crippen LogP contribution in [0.25, 0.3) is 11.3 Å². The molecule has 1 atom stereocenters. The number of anilines is 3. The van der Waals surface area contributed by atoms with Crippen molar-refractivity contribution in [2.75, 3.05) is 23.8 Å². The summed E-state index contributed by atoms with van der Waals surface area (Å²) in [6.07, 6.45) is 4.03. The van der Waals surface area contributed by atoms with E-state index in [1.54, 1.807) is 6.20 Å². The average molecular weight is 537 g/mol. The van der Waals surface area contributed by atoms with Gasteiger partial charge in [-0.05, 0) is 78.4 Å². The average Bonchev–Trinajstić information content (AvgIpc) is 3.70. The third-order valence-electron chi connectivity index (χ3n) is 8.52. The van der Waals surface area contributed by atoms with Crippen molar-refractivity contribution in [1.82, 2.24) is 9.97 Å². The largest absolute Gasteiger partial charge is 0.416 e. The first-order chi connectivity index (χ1) is 18.4. The monoisotopic (exact) mass is 536 g/mol. The topological polar surface area (TPSA) is 107 Å². The van der Waals surface area contributed by atoms with Crippen molar-refractivity contribution in [3.8, 4) is 23.4 Å². The molecule has 1 fully saturated rings. The van der Waals surface area contributed by atoms with E-state index in [2.05, 4.69) is 74.6 Å². The molecule has 3 aromatic rings. The van der Waals surface area contributed by atoms with E-state index in [0.29, 0.717) is 36.1 Å². The van der Waals surface area contributed by atoms with Crippen molar-refractivity contribution in [3.05, 3.63) is 64.8 Å². The quantitative estimate of drug-likeness (QED) is 0.307. The van der Waals surface area contributed by atoms with Crippen molar-refractivity contribution >= 4 is 25.6 Å². The molecule has 2 aliphatic rings. The summed E-state index contributed by atoms with van der Waals surface area (Å²) in [5.41, 5.74) is 6.57. The molecule has 2 N–H and O–H groups in total. The lowest BCUT2D eigenvalue weighted by molar-refractivity contribution is 0.220. The van der Waals surface area contributed by atoms with Crippen molar-refractivity contribution < 1.29 is 4.43 Å². The van der Waals surface area contributed by atoms with Crippen LogP contribution in [0.15, 0.2) is 42.6 Å². The number of hydrogen-bond acceptors (Lipinski definition) is 7. The van der Waals surface area contributed by atoms with E-state index in [1.807, 2.05) is 30.3 Å². The van der Waals surface area contributed by atoms with Crippen molar-refractivity contribution in [1.29, 1.82) is 10.5 Å². The fourth-order valence-corrected chi connectivity index (χ4v) is 5.91. The molecule has 0 spiro atoms. The second kappa shape index (κ2) is 9.79. The van der Waals surface area contributed by atoms with Gasteiger partial charge in [-0.3, -0.25) is 0 Å². The lowest BCUT2D eigenvalue weighted by atomic mass is 9.83. The highest BCUT2D eigenvalue weighted by Crippen LogP contribution is 2.45. The smallest absolute Gasteiger partial charge is 0.227 e. The number of rotatable bonds is 7. The van der Waals surface area contributed by atoms with Gasteiger partial charge in [0.15, 0.2) is 8.32 Å². The zero-order chi connectivity index (χ0) is 28.0. The third kappa shape index (κ3) is 5.28. The molecule has 0 unspecified atom stereocenters. The van der Waals surface area contributed by atoms with E-state index in [0.717, 1.165) is 41.0 Å². The number of nitriles is 2. The lowest BCUT2D eigenvalue weighted by Gasteiger charge is -2.39. The van der Waals surface area contributed by atoms with Gasteiger partial charge >= 0.3 is 0 Å². The Morgan fingerprint density at radius 3 is 2.56 bits per heavy atom. The molecule has 7 nitrogen and oxygen atoms in total. The minimum atomic E-state index is -1.94. The van der Waals surface area contributed by atoms with Gasteiger partial charge in [-0.1, -0.05) is 33.8 Å². The Morgan fingerprint density at radius 1 is 1.13 bits per heavy atom. The van der Waals surface area contributed by atoms with Crippen molar-refractivity contribution in [2.24, 2.45) is 0 Å². The molecule has 1 aliphatic carbocycles. The number of benzene rings is 2. The summed E-state index contributed by atoms with van der Waals surface area (Å²) in [5.74, 6) is 0.975. The lowest BCUT2D eigenvalue weighted by Crippen LogP contribution is -2.45. The van der Waals surface area contributed by atoms with Gasteiger partial charge in [0.1, 0.15) is 6.07 Å². The van der Waals surface area contributed by atoms with E-state index in [1.165, 1.54) is 5.56 Å². The predicted octanol–water partition coefficient (Wildman–Crippen LogP) is 7.21. The third-order valence-corrected chi connectivity index (χ3v) is 13.0. The van der Waals surface area contributed by atoms with Gasteiger partial charge in [0, 0.05) is 36.0 Å². The highest BCUT2D eigenvalue weighted by Gasteiger charge is 2.42. The molecule has 1 aromatic heterocycles. The minimum absolute atomic E-state index is 0.119. The second-order valence-electron chi connectivity index (χ2n) is 12.6. The van der Waals surface area contributed by atoms with Gasteiger partial charge in [-0.2, -0.15) is 10.5 Å². The molecular formula is C31H36N6OSi. The Balaban J connectivity index is 1.47. The van der Waals surface area contributed by atoms with Crippen molar-refractivity contribution in [2.45, 2.75) is 70.0 Å². The predicted molar refractivity (Wildman–Crippen MR) is 158 cm³/mol. The summed E-state index contributed by atoms with van der Waals surface area (Å²) >= 11 is 0. The normalized spacial score (nSPS) is 18.6. The number of aromatic nitrogens is 2.